The summed E-state index contributed by atoms with van der Waals surface area (Å²) in [6.45, 7) is 1.98. The molecule has 1 aromatic carbocycles. The van der Waals surface area contributed by atoms with E-state index in [9.17, 15) is 0 Å². The minimum atomic E-state index is -0.0628. The number of benzene rings is 1. The molecular formula is C16H18N4. The van der Waals surface area contributed by atoms with Gasteiger partial charge in [-0.25, -0.2) is 4.98 Å². The molecular weight excluding hydrogens is 248 g/mol. The number of hydrogen-bond acceptors (Lipinski definition) is 3. The Balaban J connectivity index is 1.91. The van der Waals surface area contributed by atoms with Gasteiger partial charge in [-0.15, -0.1) is 0 Å². The van der Waals surface area contributed by atoms with Gasteiger partial charge in [0.25, 0.3) is 0 Å². The summed E-state index contributed by atoms with van der Waals surface area (Å²) in [7, 11) is 2.04. The molecule has 3 aromatic rings. The Labute approximate surface area is 118 Å². The van der Waals surface area contributed by atoms with E-state index in [-0.39, 0.29) is 6.04 Å². The maximum absolute atomic E-state index is 6.31. The highest BCUT2D eigenvalue weighted by molar-refractivity contribution is 5.75. The molecule has 0 radical (unpaired) electrons. The fourth-order valence-electron chi connectivity index (χ4n) is 2.49. The predicted molar refractivity (Wildman–Crippen MR) is 80.3 cm³/mol. The topological polar surface area (TPSA) is 56.7 Å². The van der Waals surface area contributed by atoms with Crippen molar-refractivity contribution in [2.24, 2.45) is 12.8 Å². The number of rotatable bonds is 3. The van der Waals surface area contributed by atoms with Gasteiger partial charge >= 0.3 is 0 Å². The number of imidazole rings is 1. The Morgan fingerprint density at radius 1 is 1.25 bits per heavy atom. The molecule has 20 heavy (non-hydrogen) atoms. The minimum absolute atomic E-state index is 0.0628. The van der Waals surface area contributed by atoms with Crippen LogP contribution >= 0.6 is 0 Å². The third kappa shape index (κ3) is 2.30. The largest absolute Gasteiger partial charge is 0.331 e. The summed E-state index contributed by atoms with van der Waals surface area (Å²) >= 11 is 0. The first-order valence-corrected chi connectivity index (χ1v) is 6.73. The van der Waals surface area contributed by atoms with Crippen molar-refractivity contribution in [1.82, 2.24) is 14.5 Å². The van der Waals surface area contributed by atoms with Gasteiger partial charge in [0.05, 0.1) is 11.0 Å². The van der Waals surface area contributed by atoms with E-state index in [0.29, 0.717) is 6.42 Å². The number of pyridine rings is 1. The van der Waals surface area contributed by atoms with Crippen molar-refractivity contribution in [2.45, 2.75) is 19.4 Å². The molecule has 2 N–H and O–H groups in total. The number of aromatic nitrogens is 3. The van der Waals surface area contributed by atoms with Gasteiger partial charge in [0.15, 0.2) is 0 Å². The number of nitrogens with two attached hydrogens (primary N) is 1. The van der Waals surface area contributed by atoms with Crippen LogP contribution in [0.3, 0.4) is 0 Å². The van der Waals surface area contributed by atoms with E-state index in [1.165, 1.54) is 0 Å². The second-order valence-corrected chi connectivity index (χ2v) is 5.12. The highest BCUT2D eigenvalue weighted by atomic mass is 15.1. The lowest BCUT2D eigenvalue weighted by molar-refractivity contribution is 0.663. The average molecular weight is 266 g/mol. The van der Waals surface area contributed by atoms with E-state index in [1.54, 1.807) is 6.20 Å². The Kier molecular flexibility index (Phi) is 3.24. The van der Waals surface area contributed by atoms with E-state index in [2.05, 4.69) is 20.6 Å². The standard InChI is InChI=1S/C16H18N4/c1-11-9-12(7-8-18-11)13(17)10-16-19-14-5-3-4-6-15(14)20(16)2/h3-9,13H,10,17H2,1-2H3. The molecule has 0 fully saturated rings. The third-order valence-electron chi connectivity index (χ3n) is 3.63. The smallest absolute Gasteiger partial charge is 0.111 e. The van der Waals surface area contributed by atoms with Crippen LogP contribution in [0.5, 0.6) is 0 Å². The van der Waals surface area contributed by atoms with Crippen LogP contribution in [0.15, 0.2) is 42.6 Å². The molecule has 1 atom stereocenters. The van der Waals surface area contributed by atoms with Gasteiger partial charge in [0.1, 0.15) is 5.82 Å². The van der Waals surface area contributed by atoms with E-state index in [0.717, 1.165) is 28.1 Å². The SMILES string of the molecule is Cc1cc(C(N)Cc2nc3ccccc3n2C)ccn1. The molecule has 0 amide bonds. The molecule has 0 aliphatic carbocycles. The molecule has 4 heteroatoms. The minimum Gasteiger partial charge on any atom is -0.331 e. The predicted octanol–water partition coefficient (Wildman–Crippen LogP) is 2.52. The van der Waals surface area contributed by atoms with Crippen LogP contribution in [0.2, 0.25) is 0 Å². The number of para-hydroxylation sites is 2. The lowest BCUT2D eigenvalue weighted by Crippen LogP contribution is -2.16. The van der Waals surface area contributed by atoms with Crippen LogP contribution in [0.4, 0.5) is 0 Å². The normalized spacial score (nSPS) is 12.8. The molecule has 102 valence electrons. The van der Waals surface area contributed by atoms with Gasteiger partial charge < -0.3 is 10.3 Å². The van der Waals surface area contributed by atoms with Crippen molar-refractivity contribution in [3.63, 3.8) is 0 Å². The van der Waals surface area contributed by atoms with Crippen molar-refractivity contribution in [3.05, 3.63) is 59.7 Å². The second-order valence-electron chi connectivity index (χ2n) is 5.12. The zero-order valence-electron chi connectivity index (χ0n) is 11.7. The third-order valence-corrected chi connectivity index (χ3v) is 3.63. The van der Waals surface area contributed by atoms with Crippen LogP contribution in [0.25, 0.3) is 11.0 Å². The van der Waals surface area contributed by atoms with Crippen molar-refractivity contribution >= 4 is 11.0 Å². The summed E-state index contributed by atoms with van der Waals surface area (Å²) in [5.41, 5.74) is 10.6. The molecule has 3 rings (SSSR count). The Morgan fingerprint density at radius 2 is 2.05 bits per heavy atom. The quantitative estimate of drug-likeness (QED) is 0.792. The maximum atomic E-state index is 6.31. The Hall–Kier alpha value is -2.20. The van der Waals surface area contributed by atoms with Crippen molar-refractivity contribution in [3.8, 4) is 0 Å². The number of nitrogens with zero attached hydrogens (tertiary/aromatic N) is 3. The molecule has 0 spiro atoms. The molecule has 4 nitrogen and oxygen atoms in total. The molecule has 2 heterocycles. The van der Waals surface area contributed by atoms with E-state index in [1.807, 2.05) is 44.3 Å². The summed E-state index contributed by atoms with van der Waals surface area (Å²) in [5.74, 6) is 1.01. The van der Waals surface area contributed by atoms with Crippen LogP contribution in [-0.2, 0) is 13.5 Å². The number of hydrogen-bond donors (Lipinski definition) is 1. The zero-order chi connectivity index (χ0) is 14.1. The average Bonchev–Trinajstić information content (AvgIpc) is 2.76. The van der Waals surface area contributed by atoms with Gasteiger partial charge in [-0.3, -0.25) is 4.98 Å². The summed E-state index contributed by atoms with van der Waals surface area (Å²) in [4.78, 5) is 8.87. The fraction of sp³-hybridized carbons (Fsp3) is 0.250. The first kappa shape index (κ1) is 12.8. The zero-order valence-corrected chi connectivity index (χ0v) is 11.7. The van der Waals surface area contributed by atoms with E-state index in [4.69, 9.17) is 5.73 Å². The van der Waals surface area contributed by atoms with Crippen molar-refractivity contribution in [2.75, 3.05) is 0 Å². The molecule has 2 aromatic heterocycles. The Bertz CT molecular complexity index is 745. The molecule has 0 aliphatic rings. The molecule has 0 aliphatic heterocycles. The Morgan fingerprint density at radius 3 is 2.80 bits per heavy atom. The van der Waals surface area contributed by atoms with Gasteiger partial charge in [0, 0.05) is 31.4 Å². The summed E-state index contributed by atoms with van der Waals surface area (Å²) < 4.78 is 2.11. The van der Waals surface area contributed by atoms with Crippen LogP contribution in [0.1, 0.15) is 23.1 Å². The van der Waals surface area contributed by atoms with Crippen molar-refractivity contribution < 1.29 is 0 Å². The second kappa shape index (κ2) is 5.06. The van der Waals surface area contributed by atoms with Crippen LogP contribution < -0.4 is 5.73 Å². The summed E-state index contributed by atoms with van der Waals surface area (Å²) in [6.07, 6.45) is 2.52. The van der Waals surface area contributed by atoms with E-state index >= 15 is 0 Å². The highest BCUT2D eigenvalue weighted by Gasteiger charge is 2.13. The number of fused-ring (bicyclic) bond motifs is 1. The summed E-state index contributed by atoms with van der Waals surface area (Å²) in [6, 6.07) is 12.1. The van der Waals surface area contributed by atoms with Crippen LogP contribution in [-0.4, -0.2) is 14.5 Å². The summed E-state index contributed by atoms with van der Waals surface area (Å²) in [5, 5.41) is 0. The molecule has 1 unspecified atom stereocenters. The molecule has 0 saturated carbocycles. The monoisotopic (exact) mass is 266 g/mol. The van der Waals surface area contributed by atoms with Crippen LogP contribution in [0, 0.1) is 6.92 Å². The van der Waals surface area contributed by atoms with E-state index < -0.39 is 0 Å². The van der Waals surface area contributed by atoms with Gasteiger partial charge in [-0.1, -0.05) is 12.1 Å². The molecule has 0 bridgehead atoms. The lowest BCUT2D eigenvalue weighted by Gasteiger charge is -2.12. The van der Waals surface area contributed by atoms with Gasteiger partial charge in [-0.2, -0.15) is 0 Å². The first-order valence-electron chi connectivity index (χ1n) is 6.73. The maximum Gasteiger partial charge on any atom is 0.111 e. The lowest BCUT2D eigenvalue weighted by atomic mass is 10.1. The van der Waals surface area contributed by atoms with Gasteiger partial charge in [-0.05, 0) is 36.8 Å². The fourth-order valence-corrected chi connectivity index (χ4v) is 2.49. The van der Waals surface area contributed by atoms with Crippen molar-refractivity contribution in [1.29, 1.82) is 0 Å². The number of aryl methyl sites for hydroxylation is 2. The first-order chi connectivity index (χ1) is 9.65. The highest BCUT2D eigenvalue weighted by Crippen LogP contribution is 2.19. The van der Waals surface area contributed by atoms with Gasteiger partial charge in [0.2, 0.25) is 0 Å². The molecule has 0 saturated heterocycles.